The summed E-state index contributed by atoms with van der Waals surface area (Å²) < 4.78 is 0. The highest BCUT2D eigenvalue weighted by molar-refractivity contribution is 4.94. The van der Waals surface area contributed by atoms with E-state index in [1.54, 1.807) is 0 Å². The Morgan fingerprint density at radius 3 is 2.30 bits per heavy atom. The number of nitrogens with two attached hydrogens (primary N) is 1. The molecule has 20 heavy (non-hydrogen) atoms. The zero-order valence-electron chi connectivity index (χ0n) is 14.5. The minimum absolute atomic E-state index is 0.499. The lowest BCUT2D eigenvalue weighted by atomic mass is 9.70. The Kier molecular flexibility index (Phi) is 7.53. The highest BCUT2D eigenvalue weighted by atomic mass is 15.2. The van der Waals surface area contributed by atoms with Crippen LogP contribution in [0.5, 0.6) is 0 Å². The molecule has 1 aliphatic carbocycles. The molecule has 1 rings (SSSR count). The zero-order valence-corrected chi connectivity index (χ0v) is 14.5. The van der Waals surface area contributed by atoms with Crippen molar-refractivity contribution in [1.82, 2.24) is 5.43 Å². The fourth-order valence-electron chi connectivity index (χ4n) is 4.94. The molecule has 1 aliphatic rings. The van der Waals surface area contributed by atoms with Crippen molar-refractivity contribution in [3.63, 3.8) is 0 Å². The van der Waals surface area contributed by atoms with E-state index in [0.717, 1.165) is 24.2 Å². The van der Waals surface area contributed by atoms with Crippen LogP contribution in [0.1, 0.15) is 86.0 Å². The second kappa shape index (κ2) is 8.38. The van der Waals surface area contributed by atoms with Gasteiger partial charge in [-0.25, -0.2) is 0 Å². The third-order valence-electron chi connectivity index (χ3n) is 6.18. The van der Waals surface area contributed by atoms with Crippen LogP contribution in [0.25, 0.3) is 0 Å². The van der Waals surface area contributed by atoms with E-state index in [1.807, 2.05) is 0 Å². The molecule has 1 saturated carbocycles. The van der Waals surface area contributed by atoms with Crippen LogP contribution in [0.15, 0.2) is 0 Å². The van der Waals surface area contributed by atoms with Crippen molar-refractivity contribution in [2.24, 2.45) is 29.0 Å². The first-order chi connectivity index (χ1) is 9.56. The summed E-state index contributed by atoms with van der Waals surface area (Å²) in [6.45, 7) is 11.9. The first-order valence-electron chi connectivity index (χ1n) is 9.02. The summed E-state index contributed by atoms with van der Waals surface area (Å²) >= 11 is 0. The molecular weight excluding hydrogens is 244 g/mol. The minimum atomic E-state index is 0.499. The first-order valence-corrected chi connectivity index (χ1v) is 9.02. The fourth-order valence-corrected chi connectivity index (χ4v) is 4.94. The van der Waals surface area contributed by atoms with Gasteiger partial charge >= 0.3 is 0 Å². The summed E-state index contributed by atoms with van der Waals surface area (Å²) in [5, 5.41) is 0. The number of nitrogens with one attached hydrogen (secondary N) is 1. The SMILES string of the molecule is CCCC(CC)C1(C)CCC(C(CC)C(CC)NN)C1. The molecule has 3 N–H and O–H groups in total. The Balaban J connectivity index is 2.73. The van der Waals surface area contributed by atoms with Crippen molar-refractivity contribution in [3.05, 3.63) is 0 Å². The molecule has 0 aromatic heterocycles. The Morgan fingerprint density at radius 1 is 1.15 bits per heavy atom. The van der Waals surface area contributed by atoms with Gasteiger partial charge in [-0.05, 0) is 48.9 Å². The molecule has 0 radical (unpaired) electrons. The van der Waals surface area contributed by atoms with Crippen LogP contribution in [0, 0.1) is 23.2 Å². The molecule has 2 nitrogen and oxygen atoms in total. The quantitative estimate of drug-likeness (QED) is 0.467. The summed E-state index contributed by atoms with van der Waals surface area (Å²) in [5.74, 6) is 8.32. The topological polar surface area (TPSA) is 38.0 Å². The molecule has 0 heterocycles. The minimum Gasteiger partial charge on any atom is -0.271 e. The summed E-state index contributed by atoms with van der Waals surface area (Å²) in [7, 11) is 0. The van der Waals surface area contributed by atoms with Gasteiger partial charge in [0.15, 0.2) is 0 Å². The van der Waals surface area contributed by atoms with Crippen LogP contribution in [0.2, 0.25) is 0 Å². The van der Waals surface area contributed by atoms with Crippen LogP contribution in [0.3, 0.4) is 0 Å². The third-order valence-corrected chi connectivity index (χ3v) is 6.18. The lowest BCUT2D eigenvalue weighted by Crippen LogP contribution is -2.43. The van der Waals surface area contributed by atoms with Crippen molar-refractivity contribution in [3.8, 4) is 0 Å². The maximum atomic E-state index is 5.78. The van der Waals surface area contributed by atoms with Gasteiger partial charge in [-0.15, -0.1) is 0 Å². The van der Waals surface area contributed by atoms with E-state index in [1.165, 1.54) is 44.9 Å². The van der Waals surface area contributed by atoms with Gasteiger partial charge in [0, 0.05) is 6.04 Å². The average Bonchev–Trinajstić information content (AvgIpc) is 2.85. The van der Waals surface area contributed by atoms with Gasteiger partial charge in [0.2, 0.25) is 0 Å². The highest BCUT2D eigenvalue weighted by Gasteiger charge is 2.43. The number of hydrogen-bond acceptors (Lipinski definition) is 2. The van der Waals surface area contributed by atoms with Crippen molar-refractivity contribution in [2.45, 2.75) is 92.0 Å². The third kappa shape index (κ3) is 3.98. The van der Waals surface area contributed by atoms with Crippen molar-refractivity contribution >= 4 is 0 Å². The molecule has 0 aliphatic heterocycles. The van der Waals surface area contributed by atoms with E-state index in [2.05, 4.69) is 40.0 Å². The van der Waals surface area contributed by atoms with Gasteiger partial charge in [0.1, 0.15) is 0 Å². The molecule has 1 fully saturated rings. The summed E-state index contributed by atoms with van der Waals surface area (Å²) in [4.78, 5) is 0. The molecule has 0 saturated heterocycles. The number of rotatable bonds is 9. The normalized spacial score (nSPS) is 31.2. The van der Waals surface area contributed by atoms with Crippen molar-refractivity contribution < 1.29 is 0 Å². The van der Waals surface area contributed by atoms with Gasteiger partial charge in [-0.3, -0.25) is 11.3 Å². The molecule has 0 bridgehead atoms. The van der Waals surface area contributed by atoms with Crippen molar-refractivity contribution in [2.75, 3.05) is 0 Å². The predicted octanol–water partition coefficient (Wildman–Crippen LogP) is 4.89. The highest BCUT2D eigenvalue weighted by Crippen LogP contribution is 2.52. The van der Waals surface area contributed by atoms with E-state index in [4.69, 9.17) is 5.84 Å². The van der Waals surface area contributed by atoms with E-state index >= 15 is 0 Å². The molecular formula is C18H38N2. The maximum Gasteiger partial charge on any atom is 0.0238 e. The first kappa shape index (κ1) is 18.0. The van der Waals surface area contributed by atoms with Crippen LogP contribution >= 0.6 is 0 Å². The Bertz CT molecular complexity index is 262. The van der Waals surface area contributed by atoms with E-state index < -0.39 is 0 Å². The monoisotopic (exact) mass is 282 g/mol. The van der Waals surface area contributed by atoms with E-state index in [-0.39, 0.29) is 0 Å². The Labute approximate surface area is 127 Å². The van der Waals surface area contributed by atoms with Crippen LogP contribution in [0.4, 0.5) is 0 Å². The van der Waals surface area contributed by atoms with E-state index in [0.29, 0.717) is 11.5 Å². The van der Waals surface area contributed by atoms with Crippen LogP contribution in [-0.2, 0) is 0 Å². The molecule has 0 amide bonds. The molecule has 120 valence electrons. The Hall–Kier alpha value is -0.0800. The second-order valence-electron chi connectivity index (χ2n) is 7.30. The lowest BCUT2D eigenvalue weighted by Gasteiger charge is -2.36. The summed E-state index contributed by atoms with van der Waals surface area (Å²) in [5.41, 5.74) is 3.65. The average molecular weight is 283 g/mol. The van der Waals surface area contributed by atoms with Gasteiger partial charge in [0.25, 0.3) is 0 Å². The molecule has 5 atom stereocenters. The smallest absolute Gasteiger partial charge is 0.0238 e. The van der Waals surface area contributed by atoms with Crippen molar-refractivity contribution in [1.29, 1.82) is 0 Å². The predicted molar refractivity (Wildman–Crippen MR) is 89.3 cm³/mol. The second-order valence-corrected chi connectivity index (χ2v) is 7.30. The van der Waals surface area contributed by atoms with Gasteiger partial charge in [-0.1, -0.05) is 60.3 Å². The number of hydrazine groups is 1. The standard InChI is InChI=1S/C18H38N2/c1-6-10-15(7-2)18(5)12-11-14(13-18)16(8-3)17(9-4)20-19/h14-17,20H,6-13,19H2,1-5H3. The largest absolute Gasteiger partial charge is 0.271 e. The van der Waals surface area contributed by atoms with Crippen LogP contribution < -0.4 is 11.3 Å². The molecule has 0 spiro atoms. The fraction of sp³-hybridized carbons (Fsp3) is 1.00. The number of hydrogen-bond donors (Lipinski definition) is 2. The molecule has 2 heteroatoms. The van der Waals surface area contributed by atoms with E-state index in [9.17, 15) is 0 Å². The van der Waals surface area contributed by atoms with Gasteiger partial charge in [0.05, 0.1) is 0 Å². The molecule has 5 unspecified atom stereocenters. The Morgan fingerprint density at radius 2 is 1.85 bits per heavy atom. The maximum absolute atomic E-state index is 5.78. The lowest BCUT2D eigenvalue weighted by molar-refractivity contribution is 0.148. The van der Waals surface area contributed by atoms with Crippen LogP contribution in [-0.4, -0.2) is 6.04 Å². The molecule has 0 aromatic carbocycles. The molecule has 0 aromatic rings. The van der Waals surface area contributed by atoms with Gasteiger partial charge in [-0.2, -0.15) is 0 Å². The zero-order chi connectivity index (χ0) is 15.2. The van der Waals surface area contributed by atoms with Gasteiger partial charge < -0.3 is 0 Å². The summed E-state index contributed by atoms with van der Waals surface area (Å²) in [6, 6.07) is 0.499. The summed E-state index contributed by atoms with van der Waals surface area (Å²) in [6.07, 6.45) is 10.7.